The van der Waals surface area contributed by atoms with Gasteiger partial charge in [-0.05, 0) is 31.0 Å². The first kappa shape index (κ1) is 22.8. The van der Waals surface area contributed by atoms with Crippen LogP contribution in [-0.4, -0.2) is 51.7 Å². The molecule has 0 radical (unpaired) electrons. The van der Waals surface area contributed by atoms with Gasteiger partial charge in [-0.25, -0.2) is 0 Å². The summed E-state index contributed by atoms with van der Waals surface area (Å²) in [6.07, 6.45) is 1.68. The standard InChI is InChI=1S/C22H34O6/c1-7-13-25-21-16(3)20(22(4,27-15-23-5)19(8-2)28-21)26-14-17-9-11-18(24-6)12-10-17/h7,9-12,16,19-21H,1,8,13-15H2,2-6H3/t16-,19-,20-,21+,22-/m1/s1. The second-order valence-corrected chi connectivity index (χ2v) is 7.20. The molecule has 0 aromatic heterocycles. The zero-order valence-corrected chi connectivity index (χ0v) is 17.7. The van der Waals surface area contributed by atoms with Crippen molar-refractivity contribution in [3.63, 3.8) is 0 Å². The molecule has 28 heavy (non-hydrogen) atoms. The highest BCUT2D eigenvalue weighted by molar-refractivity contribution is 5.26. The zero-order chi connectivity index (χ0) is 20.6. The molecule has 0 bridgehead atoms. The van der Waals surface area contributed by atoms with Gasteiger partial charge < -0.3 is 28.4 Å². The topological polar surface area (TPSA) is 55.4 Å². The van der Waals surface area contributed by atoms with E-state index in [1.54, 1.807) is 20.3 Å². The Labute approximate surface area is 168 Å². The van der Waals surface area contributed by atoms with Crippen LogP contribution >= 0.6 is 0 Å². The number of ether oxygens (including phenoxy) is 6. The second-order valence-electron chi connectivity index (χ2n) is 7.20. The molecule has 1 heterocycles. The van der Waals surface area contributed by atoms with E-state index in [2.05, 4.69) is 20.4 Å². The zero-order valence-electron chi connectivity index (χ0n) is 17.7. The molecule has 1 fully saturated rings. The van der Waals surface area contributed by atoms with Gasteiger partial charge in [-0.2, -0.15) is 0 Å². The minimum absolute atomic E-state index is 0.0390. The summed E-state index contributed by atoms with van der Waals surface area (Å²) in [6.45, 7) is 10.9. The molecule has 2 rings (SSSR count). The average Bonchev–Trinajstić information content (AvgIpc) is 2.72. The maximum Gasteiger partial charge on any atom is 0.163 e. The van der Waals surface area contributed by atoms with Gasteiger partial charge in [-0.15, -0.1) is 6.58 Å². The Morgan fingerprint density at radius 1 is 1.18 bits per heavy atom. The summed E-state index contributed by atoms with van der Waals surface area (Å²) in [5.74, 6) is 0.781. The summed E-state index contributed by atoms with van der Waals surface area (Å²) >= 11 is 0. The summed E-state index contributed by atoms with van der Waals surface area (Å²) < 4.78 is 35.0. The highest BCUT2D eigenvalue weighted by Gasteiger charge is 2.53. The first-order chi connectivity index (χ1) is 13.5. The van der Waals surface area contributed by atoms with Crippen molar-refractivity contribution in [2.45, 2.75) is 57.9 Å². The molecule has 5 atom stereocenters. The van der Waals surface area contributed by atoms with Crippen LogP contribution in [0.2, 0.25) is 0 Å². The fourth-order valence-electron chi connectivity index (χ4n) is 3.71. The minimum atomic E-state index is -0.662. The summed E-state index contributed by atoms with van der Waals surface area (Å²) in [6, 6.07) is 7.85. The quantitative estimate of drug-likeness (QED) is 0.419. The summed E-state index contributed by atoms with van der Waals surface area (Å²) in [5.41, 5.74) is 0.398. The van der Waals surface area contributed by atoms with Crippen LogP contribution in [0.15, 0.2) is 36.9 Å². The minimum Gasteiger partial charge on any atom is -0.497 e. The first-order valence-corrected chi connectivity index (χ1v) is 9.75. The van der Waals surface area contributed by atoms with Gasteiger partial charge in [-0.3, -0.25) is 0 Å². The summed E-state index contributed by atoms with van der Waals surface area (Å²) in [4.78, 5) is 0. The van der Waals surface area contributed by atoms with Crippen molar-refractivity contribution >= 4 is 0 Å². The number of benzene rings is 1. The molecule has 1 aromatic rings. The van der Waals surface area contributed by atoms with Crippen LogP contribution in [0, 0.1) is 5.92 Å². The van der Waals surface area contributed by atoms with E-state index < -0.39 is 5.60 Å². The Morgan fingerprint density at radius 2 is 1.89 bits per heavy atom. The number of hydrogen-bond acceptors (Lipinski definition) is 6. The third-order valence-electron chi connectivity index (χ3n) is 5.24. The molecule has 0 aliphatic carbocycles. The normalized spacial score (nSPS) is 30.2. The Bertz CT molecular complexity index is 589. The summed E-state index contributed by atoms with van der Waals surface area (Å²) in [5, 5.41) is 0. The molecule has 158 valence electrons. The number of methoxy groups -OCH3 is 2. The van der Waals surface area contributed by atoms with Gasteiger partial charge >= 0.3 is 0 Å². The fraction of sp³-hybridized carbons (Fsp3) is 0.636. The molecule has 0 amide bonds. The molecular weight excluding hydrogens is 360 g/mol. The van der Waals surface area contributed by atoms with Crippen LogP contribution in [0.5, 0.6) is 5.75 Å². The lowest BCUT2D eigenvalue weighted by Gasteiger charge is -2.51. The lowest BCUT2D eigenvalue weighted by molar-refractivity contribution is -0.333. The Kier molecular flexibility index (Phi) is 8.92. The molecule has 0 unspecified atom stereocenters. The molecule has 1 aromatic carbocycles. The van der Waals surface area contributed by atoms with Crippen LogP contribution in [0.4, 0.5) is 0 Å². The molecule has 0 spiro atoms. The number of rotatable bonds is 11. The van der Waals surface area contributed by atoms with Crippen molar-refractivity contribution in [1.29, 1.82) is 0 Å². The van der Waals surface area contributed by atoms with Crippen molar-refractivity contribution in [2.75, 3.05) is 27.6 Å². The third-order valence-corrected chi connectivity index (χ3v) is 5.24. The van der Waals surface area contributed by atoms with Gasteiger partial charge in [0, 0.05) is 13.0 Å². The molecule has 6 nitrogen and oxygen atoms in total. The summed E-state index contributed by atoms with van der Waals surface area (Å²) in [7, 11) is 3.27. The third kappa shape index (κ3) is 5.33. The molecule has 1 aliphatic rings. The van der Waals surface area contributed by atoms with E-state index in [4.69, 9.17) is 28.4 Å². The van der Waals surface area contributed by atoms with Crippen molar-refractivity contribution in [2.24, 2.45) is 5.92 Å². The first-order valence-electron chi connectivity index (χ1n) is 9.75. The Balaban J connectivity index is 2.20. The van der Waals surface area contributed by atoms with Crippen molar-refractivity contribution in [1.82, 2.24) is 0 Å². The van der Waals surface area contributed by atoms with Crippen molar-refractivity contribution in [3.05, 3.63) is 42.5 Å². The van der Waals surface area contributed by atoms with Gasteiger partial charge in [0.15, 0.2) is 6.29 Å². The van der Waals surface area contributed by atoms with Crippen LogP contribution < -0.4 is 4.74 Å². The lowest BCUT2D eigenvalue weighted by atomic mass is 9.80. The Hall–Kier alpha value is -1.44. The van der Waals surface area contributed by atoms with Gasteiger partial charge in [0.1, 0.15) is 18.1 Å². The van der Waals surface area contributed by atoms with Gasteiger partial charge in [0.05, 0.1) is 32.5 Å². The van der Waals surface area contributed by atoms with Crippen molar-refractivity contribution < 1.29 is 28.4 Å². The molecule has 0 saturated carbocycles. The average molecular weight is 395 g/mol. The van der Waals surface area contributed by atoms with E-state index in [-0.39, 0.29) is 31.2 Å². The van der Waals surface area contributed by atoms with E-state index in [1.165, 1.54) is 0 Å². The lowest BCUT2D eigenvalue weighted by Crippen LogP contribution is -2.63. The largest absolute Gasteiger partial charge is 0.497 e. The van der Waals surface area contributed by atoms with Crippen LogP contribution in [-0.2, 0) is 30.3 Å². The predicted molar refractivity (Wildman–Crippen MR) is 107 cm³/mol. The molecule has 0 N–H and O–H groups in total. The van der Waals surface area contributed by atoms with E-state index in [1.807, 2.05) is 31.2 Å². The molecule has 1 aliphatic heterocycles. The predicted octanol–water partition coefficient (Wildman–Crippen LogP) is 3.93. The Morgan fingerprint density at radius 3 is 2.46 bits per heavy atom. The maximum absolute atomic E-state index is 6.40. The molecular formula is C22H34O6. The monoisotopic (exact) mass is 394 g/mol. The maximum atomic E-state index is 6.40. The van der Waals surface area contributed by atoms with E-state index >= 15 is 0 Å². The molecule has 1 saturated heterocycles. The van der Waals surface area contributed by atoms with Gasteiger partial charge in [0.2, 0.25) is 0 Å². The molecule has 6 heteroatoms. The van der Waals surface area contributed by atoms with Crippen LogP contribution in [0.3, 0.4) is 0 Å². The van der Waals surface area contributed by atoms with Gasteiger partial charge in [0.25, 0.3) is 0 Å². The SMILES string of the molecule is C=CCO[C@H]1O[C@H](CC)[C@@](C)(OCOC)[C@H](OCc2ccc(OC)cc2)[C@H]1C. The second kappa shape index (κ2) is 10.9. The van der Waals surface area contributed by atoms with E-state index in [9.17, 15) is 0 Å². The van der Waals surface area contributed by atoms with E-state index in [0.717, 1.165) is 17.7 Å². The van der Waals surface area contributed by atoms with Gasteiger partial charge in [-0.1, -0.05) is 32.1 Å². The smallest absolute Gasteiger partial charge is 0.163 e. The fourth-order valence-corrected chi connectivity index (χ4v) is 3.71. The van der Waals surface area contributed by atoms with E-state index in [0.29, 0.717) is 13.2 Å². The number of hydrogen-bond donors (Lipinski definition) is 0. The highest BCUT2D eigenvalue weighted by Crippen LogP contribution is 2.40. The van der Waals surface area contributed by atoms with Crippen molar-refractivity contribution in [3.8, 4) is 5.75 Å². The van der Waals surface area contributed by atoms with Crippen LogP contribution in [0.25, 0.3) is 0 Å². The van der Waals surface area contributed by atoms with Crippen LogP contribution in [0.1, 0.15) is 32.8 Å². The highest BCUT2D eigenvalue weighted by atomic mass is 16.7.